The number of halogens is 1. The molecule has 1 aromatic heterocycles. The van der Waals surface area contributed by atoms with Crippen molar-refractivity contribution >= 4 is 40.8 Å². The maximum atomic E-state index is 11.9. The van der Waals surface area contributed by atoms with E-state index < -0.39 is 0 Å². The standard InChI is InChI=1S/C13H20N4O3S.ClH/c1-20-12(19)6-5-11-16-17-13(21-11)15-10(18)7-8-3-2-4-9(8)14;/h8-9H,2-7,14H2,1H3,(H,15,17,18);1H/t8-,9+;/m0./s1. The Morgan fingerprint density at radius 1 is 1.41 bits per heavy atom. The Morgan fingerprint density at radius 2 is 2.18 bits per heavy atom. The second-order valence-corrected chi connectivity index (χ2v) is 6.25. The van der Waals surface area contributed by atoms with Gasteiger partial charge in [0.2, 0.25) is 11.0 Å². The molecular formula is C13H21ClN4O3S. The SMILES string of the molecule is COC(=O)CCc1nnc(NC(=O)C[C@@H]2CCC[C@H]2N)s1.Cl. The van der Waals surface area contributed by atoms with E-state index in [0.29, 0.717) is 23.0 Å². The van der Waals surface area contributed by atoms with Gasteiger partial charge in [-0.3, -0.25) is 9.59 Å². The molecule has 1 aliphatic rings. The number of methoxy groups -OCH3 is 1. The quantitative estimate of drug-likeness (QED) is 0.755. The molecule has 1 heterocycles. The topological polar surface area (TPSA) is 107 Å². The number of anilines is 1. The molecule has 2 rings (SSSR count). The molecule has 3 N–H and O–H groups in total. The third-order valence-electron chi connectivity index (χ3n) is 3.65. The van der Waals surface area contributed by atoms with Gasteiger partial charge in [0.25, 0.3) is 0 Å². The molecule has 1 saturated carbocycles. The minimum absolute atomic E-state index is 0. The molecule has 0 spiro atoms. The molecular weight excluding hydrogens is 328 g/mol. The second kappa shape index (κ2) is 9.02. The van der Waals surface area contributed by atoms with Crippen molar-refractivity contribution in [3.05, 3.63) is 5.01 Å². The minimum atomic E-state index is -0.286. The van der Waals surface area contributed by atoms with Crippen molar-refractivity contribution in [1.29, 1.82) is 0 Å². The van der Waals surface area contributed by atoms with E-state index in [9.17, 15) is 9.59 Å². The van der Waals surface area contributed by atoms with E-state index in [2.05, 4.69) is 20.3 Å². The van der Waals surface area contributed by atoms with Gasteiger partial charge in [0, 0.05) is 18.9 Å². The van der Waals surface area contributed by atoms with E-state index in [1.54, 1.807) is 0 Å². The number of nitrogens with zero attached hydrogens (tertiary/aromatic N) is 2. The van der Waals surface area contributed by atoms with Crippen LogP contribution in [0, 0.1) is 5.92 Å². The Balaban J connectivity index is 0.00000242. The van der Waals surface area contributed by atoms with Gasteiger partial charge in [0.05, 0.1) is 13.5 Å². The summed E-state index contributed by atoms with van der Waals surface area (Å²) in [6.45, 7) is 0. The summed E-state index contributed by atoms with van der Waals surface area (Å²) < 4.78 is 4.56. The summed E-state index contributed by atoms with van der Waals surface area (Å²) in [5.74, 6) is -0.101. The van der Waals surface area contributed by atoms with E-state index in [0.717, 1.165) is 19.3 Å². The van der Waals surface area contributed by atoms with Crippen LogP contribution in [-0.4, -0.2) is 35.2 Å². The van der Waals surface area contributed by atoms with E-state index in [1.807, 2.05) is 0 Å². The van der Waals surface area contributed by atoms with Gasteiger partial charge < -0.3 is 15.8 Å². The first-order valence-electron chi connectivity index (χ1n) is 7.03. The fourth-order valence-corrected chi connectivity index (χ4v) is 3.20. The number of amides is 1. The number of hydrogen-bond acceptors (Lipinski definition) is 7. The maximum Gasteiger partial charge on any atom is 0.305 e. The molecule has 7 nitrogen and oxygen atoms in total. The fraction of sp³-hybridized carbons (Fsp3) is 0.692. The molecule has 0 radical (unpaired) electrons. The molecule has 0 aliphatic heterocycles. The van der Waals surface area contributed by atoms with E-state index in [4.69, 9.17) is 5.73 Å². The highest BCUT2D eigenvalue weighted by atomic mass is 35.5. The van der Waals surface area contributed by atoms with Crippen molar-refractivity contribution in [1.82, 2.24) is 10.2 Å². The van der Waals surface area contributed by atoms with Crippen LogP contribution in [0.15, 0.2) is 0 Å². The van der Waals surface area contributed by atoms with Crippen molar-refractivity contribution in [2.75, 3.05) is 12.4 Å². The Labute approximate surface area is 139 Å². The first-order chi connectivity index (χ1) is 10.1. The monoisotopic (exact) mass is 348 g/mol. The molecule has 1 aromatic rings. The largest absolute Gasteiger partial charge is 0.469 e. The van der Waals surface area contributed by atoms with Gasteiger partial charge in [0.15, 0.2) is 0 Å². The Hall–Kier alpha value is -1.25. The van der Waals surface area contributed by atoms with Crippen molar-refractivity contribution in [3.8, 4) is 0 Å². The highest BCUT2D eigenvalue weighted by Gasteiger charge is 2.26. The summed E-state index contributed by atoms with van der Waals surface area (Å²) in [4.78, 5) is 23.0. The number of aryl methyl sites for hydroxylation is 1. The smallest absolute Gasteiger partial charge is 0.305 e. The van der Waals surface area contributed by atoms with Crippen LogP contribution in [0.5, 0.6) is 0 Å². The van der Waals surface area contributed by atoms with Crippen molar-refractivity contribution in [2.45, 2.75) is 44.6 Å². The molecule has 124 valence electrons. The lowest BCUT2D eigenvalue weighted by atomic mass is 10.00. The molecule has 22 heavy (non-hydrogen) atoms. The fourth-order valence-electron chi connectivity index (χ4n) is 2.44. The zero-order chi connectivity index (χ0) is 15.2. The molecule has 1 aliphatic carbocycles. The zero-order valence-corrected chi connectivity index (χ0v) is 14.0. The molecule has 0 bridgehead atoms. The third-order valence-corrected chi connectivity index (χ3v) is 4.55. The van der Waals surface area contributed by atoms with Crippen LogP contribution in [-0.2, 0) is 20.7 Å². The number of nitrogens with one attached hydrogen (secondary N) is 1. The Bertz CT molecular complexity index is 511. The predicted octanol–water partition coefficient (Wildman–Crippen LogP) is 1.52. The molecule has 2 atom stereocenters. The lowest BCUT2D eigenvalue weighted by Gasteiger charge is -2.13. The van der Waals surface area contributed by atoms with Crippen LogP contribution in [0.3, 0.4) is 0 Å². The summed E-state index contributed by atoms with van der Waals surface area (Å²) in [6, 6.07) is 0.126. The average molecular weight is 349 g/mol. The Morgan fingerprint density at radius 3 is 2.82 bits per heavy atom. The summed E-state index contributed by atoms with van der Waals surface area (Å²) in [5, 5.41) is 11.8. The van der Waals surface area contributed by atoms with Gasteiger partial charge in [-0.25, -0.2) is 0 Å². The summed E-state index contributed by atoms with van der Waals surface area (Å²) >= 11 is 1.28. The van der Waals surface area contributed by atoms with Crippen LogP contribution in [0.2, 0.25) is 0 Å². The van der Waals surface area contributed by atoms with Gasteiger partial charge in [-0.1, -0.05) is 17.8 Å². The zero-order valence-electron chi connectivity index (χ0n) is 12.4. The summed E-state index contributed by atoms with van der Waals surface area (Å²) in [7, 11) is 1.35. The van der Waals surface area contributed by atoms with E-state index in [1.165, 1.54) is 18.4 Å². The lowest BCUT2D eigenvalue weighted by Crippen LogP contribution is -2.28. The van der Waals surface area contributed by atoms with Crippen molar-refractivity contribution in [2.24, 2.45) is 11.7 Å². The second-order valence-electron chi connectivity index (χ2n) is 5.18. The summed E-state index contributed by atoms with van der Waals surface area (Å²) in [5.41, 5.74) is 5.96. The number of rotatable bonds is 6. The van der Waals surface area contributed by atoms with Crippen LogP contribution in [0.25, 0.3) is 0 Å². The van der Waals surface area contributed by atoms with E-state index >= 15 is 0 Å². The van der Waals surface area contributed by atoms with Gasteiger partial charge >= 0.3 is 5.97 Å². The van der Waals surface area contributed by atoms with Gasteiger partial charge in [-0.05, 0) is 18.8 Å². The maximum absolute atomic E-state index is 11.9. The number of esters is 1. The van der Waals surface area contributed by atoms with Crippen LogP contribution >= 0.6 is 23.7 Å². The normalized spacial score (nSPS) is 20.3. The molecule has 0 saturated heterocycles. The Kier molecular flexibility index (Phi) is 7.70. The number of carbonyl (C=O) groups excluding carboxylic acids is 2. The molecule has 1 amide bonds. The van der Waals surface area contributed by atoms with Gasteiger partial charge in [-0.15, -0.1) is 22.6 Å². The number of nitrogens with two attached hydrogens (primary N) is 1. The van der Waals surface area contributed by atoms with Gasteiger partial charge in [-0.2, -0.15) is 0 Å². The number of aromatic nitrogens is 2. The highest BCUT2D eigenvalue weighted by Crippen LogP contribution is 2.27. The summed E-state index contributed by atoms with van der Waals surface area (Å²) in [6.07, 6.45) is 4.25. The molecule has 1 fully saturated rings. The van der Waals surface area contributed by atoms with Crippen molar-refractivity contribution in [3.63, 3.8) is 0 Å². The average Bonchev–Trinajstić information content (AvgIpc) is 3.06. The number of carbonyl (C=O) groups is 2. The van der Waals surface area contributed by atoms with E-state index in [-0.39, 0.29) is 42.7 Å². The van der Waals surface area contributed by atoms with Crippen molar-refractivity contribution < 1.29 is 14.3 Å². The highest BCUT2D eigenvalue weighted by molar-refractivity contribution is 7.15. The van der Waals surface area contributed by atoms with Crippen LogP contribution in [0.1, 0.15) is 37.1 Å². The van der Waals surface area contributed by atoms with Crippen LogP contribution in [0.4, 0.5) is 5.13 Å². The first-order valence-corrected chi connectivity index (χ1v) is 7.84. The van der Waals surface area contributed by atoms with Crippen LogP contribution < -0.4 is 11.1 Å². The lowest BCUT2D eigenvalue weighted by molar-refractivity contribution is -0.140. The number of hydrogen-bond donors (Lipinski definition) is 2. The number of ether oxygens (including phenoxy) is 1. The molecule has 9 heteroatoms. The predicted molar refractivity (Wildman–Crippen MR) is 86.1 cm³/mol. The first kappa shape index (κ1) is 18.8. The van der Waals surface area contributed by atoms with Gasteiger partial charge in [0.1, 0.15) is 5.01 Å². The molecule has 0 aromatic carbocycles. The minimum Gasteiger partial charge on any atom is -0.469 e. The third kappa shape index (κ3) is 5.51. The molecule has 0 unspecified atom stereocenters.